The highest BCUT2D eigenvalue weighted by atomic mass is 32.1. The molecule has 0 aliphatic carbocycles. The summed E-state index contributed by atoms with van der Waals surface area (Å²) in [6.45, 7) is 10.1. The van der Waals surface area contributed by atoms with Gasteiger partial charge >= 0.3 is 5.69 Å². The number of hydrogen-bond acceptors (Lipinski definition) is 7. The number of aromatic amines is 1. The second-order valence-electron chi connectivity index (χ2n) is 8.15. The predicted octanol–water partition coefficient (Wildman–Crippen LogP) is 3.56. The van der Waals surface area contributed by atoms with Crippen LogP contribution in [0, 0.1) is 19.8 Å². The van der Waals surface area contributed by atoms with Crippen LogP contribution in [0.5, 0.6) is 0 Å². The molecule has 0 spiro atoms. The quantitative estimate of drug-likeness (QED) is 0.530. The number of nitrogens with two attached hydrogens (primary N) is 1. The lowest BCUT2D eigenvalue weighted by Gasteiger charge is -2.24. The summed E-state index contributed by atoms with van der Waals surface area (Å²) in [7, 11) is 0. The van der Waals surface area contributed by atoms with E-state index in [9.17, 15) is 14.4 Å². The number of thiazole rings is 1. The number of unbranched alkanes of at least 4 members (excludes halogenated alkanes) is 1. The van der Waals surface area contributed by atoms with Gasteiger partial charge in [-0.3, -0.25) is 24.0 Å². The Morgan fingerprint density at radius 3 is 2.62 bits per heavy atom. The predicted molar refractivity (Wildman–Crippen MR) is 126 cm³/mol. The molecule has 0 fully saturated rings. The van der Waals surface area contributed by atoms with Crippen molar-refractivity contribution in [3.8, 4) is 10.8 Å². The third kappa shape index (κ3) is 4.69. The molecule has 0 unspecified atom stereocenters. The van der Waals surface area contributed by atoms with Crippen molar-refractivity contribution in [2.75, 3.05) is 17.2 Å². The summed E-state index contributed by atoms with van der Waals surface area (Å²) in [5.41, 5.74) is 5.55. The topological polar surface area (TPSA) is 127 Å². The Labute approximate surface area is 189 Å². The van der Waals surface area contributed by atoms with E-state index in [0.717, 1.165) is 12.2 Å². The number of anilines is 2. The fourth-order valence-electron chi connectivity index (χ4n) is 3.39. The third-order valence-electron chi connectivity index (χ3n) is 4.95. The van der Waals surface area contributed by atoms with Crippen molar-refractivity contribution in [2.45, 2.75) is 54.0 Å². The van der Waals surface area contributed by atoms with Crippen molar-refractivity contribution in [1.29, 1.82) is 0 Å². The molecule has 0 aliphatic heterocycles. The molecule has 0 saturated carbocycles. The normalized spacial score (nSPS) is 11.3. The van der Waals surface area contributed by atoms with Crippen LogP contribution in [0.4, 0.5) is 11.5 Å². The van der Waals surface area contributed by atoms with Crippen molar-refractivity contribution < 1.29 is 9.21 Å². The molecule has 9 nitrogen and oxygen atoms in total. The number of nitrogen functional groups attached to an aromatic ring is 1. The SMILES string of the molecule is CCCCN(C(=O)c1sc(-c2ccc(C)o2)nc1C)c1c(N)n(CC(C)C)c(=O)[nH]c1=O. The van der Waals surface area contributed by atoms with Gasteiger partial charge in [0.25, 0.3) is 11.5 Å². The van der Waals surface area contributed by atoms with Crippen molar-refractivity contribution >= 4 is 28.7 Å². The molecule has 0 bridgehead atoms. The van der Waals surface area contributed by atoms with E-state index in [1.807, 2.05) is 33.8 Å². The molecular weight excluding hydrogens is 430 g/mol. The number of aryl methyl sites for hydroxylation is 2. The number of carbonyl (C=O) groups is 1. The zero-order valence-corrected chi connectivity index (χ0v) is 19.8. The van der Waals surface area contributed by atoms with E-state index in [2.05, 4.69) is 9.97 Å². The first-order chi connectivity index (χ1) is 15.1. The third-order valence-corrected chi connectivity index (χ3v) is 6.11. The Morgan fingerprint density at radius 2 is 2.03 bits per heavy atom. The molecule has 0 saturated heterocycles. The van der Waals surface area contributed by atoms with E-state index in [0.29, 0.717) is 34.3 Å². The van der Waals surface area contributed by atoms with Crippen LogP contribution in [0.15, 0.2) is 26.1 Å². The first kappa shape index (κ1) is 23.5. The molecule has 32 heavy (non-hydrogen) atoms. The monoisotopic (exact) mass is 459 g/mol. The zero-order chi connectivity index (χ0) is 23.6. The largest absolute Gasteiger partial charge is 0.459 e. The highest BCUT2D eigenvalue weighted by Gasteiger charge is 2.28. The van der Waals surface area contributed by atoms with E-state index < -0.39 is 11.2 Å². The lowest BCUT2D eigenvalue weighted by atomic mass is 10.2. The molecule has 3 heterocycles. The Bertz CT molecular complexity index is 1230. The van der Waals surface area contributed by atoms with E-state index in [-0.39, 0.29) is 29.9 Å². The van der Waals surface area contributed by atoms with Crippen LogP contribution in [0.2, 0.25) is 0 Å². The number of carbonyl (C=O) groups excluding carboxylic acids is 1. The van der Waals surface area contributed by atoms with E-state index in [1.165, 1.54) is 20.8 Å². The van der Waals surface area contributed by atoms with Gasteiger partial charge in [-0.2, -0.15) is 0 Å². The van der Waals surface area contributed by atoms with Crippen molar-refractivity contribution in [2.24, 2.45) is 5.92 Å². The number of amides is 1. The minimum absolute atomic E-state index is 0.00751. The highest BCUT2D eigenvalue weighted by Crippen LogP contribution is 2.31. The Morgan fingerprint density at radius 1 is 1.31 bits per heavy atom. The van der Waals surface area contributed by atoms with Gasteiger partial charge in [-0.25, -0.2) is 9.78 Å². The molecule has 0 radical (unpaired) electrons. The van der Waals surface area contributed by atoms with Crippen LogP contribution in [0.25, 0.3) is 10.8 Å². The second kappa shape index (κ2) is 9.56. The number of nitrogens with one attached hydrogen (secondary N) is 1. The van der Waals surface area contributed by atoms with E-state index >= 15 is 0 Å². The minimum atomic E-state index is -0.680. The van der Waals surface area contributed by atoms with Crippen LogP contribution in [0.3, 0.4) is 0 Å². The van der Waals surface area contributed by atoms with Gasteiger partial charge in [-0.15, -0.1) is 11.3 Å². The van der Waals surface area contributed by atoms with Gasteiger partial charge < -0.3 is 10.2 Å². The van der Waals surface area contributed by atoms with Crippen LogP contribution in [0.1, 0.15) is 54.7 Å². The Hall–Kier alpha value is -3.14. The lowest BCUT2D eigenvalue weighted by Crippen LogP contribution is -2.42. The summed E-state index contributed by atoms with van der Waals surface area (Å²) >= 11 is 1.20. The molecule has 3 rings (SSSR count). The fraction of sp³-hybridized carbons (Fsp3) is 0.455. The number of nitrogens with zero attached hydrogens (tertiary/aromatic N) is 3. The van der Waals surface area contributed by atoms with Gasteiger partial charge in [0, 0.05) is 13.1 Å². The number of aromatic nitrogens is 3. The van der Waals surface area contributed by atoms with Crippen molar-refractivity contribution in [1.82, 2.24) is 14.5 Å². The summed E-state index contributed by atoms with van der Waals surface area (Å²) in [5, 5.41) is 0.584. The molecule has 0 aliphatic rings. The number of rotatable bonds is 8. The highest BCUT2D eigenvalue weighted by molar-refractivity contribution is 7.17. The molecular formula is C22H29N5O4S. The molecule has 0 atom stereocenters. The number of hydrogen-bond donors (Lipinski definition) is 2. The maximum Gasteiger partial charge on any atom is 0.330 e. The Balaban J connectivity index is 2.10. The van der Waals surface area contributed by atoms with Crippen LogP contribution < -0.4 is 21.9 Å². The van der Waals surface area contributed by atoms with Crippen LogP contribution >= 0.6 is 11.3 Å². The lowest BCUT2D eigenvalue weighted by molar-refractivity contribution is 0.0989. The fourth-order valence-corrected chi connectivity index (χ4v) is 4.37. The van der Waals surface area contributed by atoms with E-state index in [1.54, 1.807) is 13.0 Å². The maximum absolute atomic E-state index is 13.6. The van der Waals surface area contributed by atoms with Crippen molar-refractivity contribution in [3.05, 3.63) is 49.3 Å². The summed E-state index contributed by atoms with van der Waals surface area (Å²) < 4.78 is 6.95. The summed E-state index contributed by atoms with van der Waals surface area (Å²) in [4.78, 5) is 47.3. The van der Waals surface area contributed by atoms with Gasteiger partial charge in [0.05, 0.1) is 5.69 Å². The molecule has 3 aromatic heterocycles. The molecule has 3 N–H and O–H groups in total. The standard InChI is InChI=1S/C22H29N5O4S/c1-6-7-10-26(16-18(23)27(11-12(2)3)22(30)25-19(16)28)21(29)17-14(5)24-20(32-17)15-9-8-13(4)31-15/h8-9,12H,6-7,10-11,23H2,1-5H3,(H,25,28,30). The number of furan rings is 1. The smallest absolute Gasteiger partial charge is 0.330 e. The van der Waals surface area contributed by atoms with Crippen LogP contribution in [-0.4, -0.2) is 27.0 Å². The average molecular weight is 460 g/mol. The van der Waals surface area contributed by atoms with Gasteiger partial charge in [0.2, 0.25) is 0 Å². The van der Waals surface area contributed by atoms with Crippen molar-refractivity contribution in [3.63, 3.8) is 0 Å². The van der Waals surface area contributed by atoms with Gasteiger partial charge in [-0.1, -0.05) is 27.2 Å². The van der Waals surface area contributed by atoms with Crippen LogP contribution in [-0.2, 0) is 6.54 Å². The zero-order valence-electron chi connectivity index (χ0n) is 19.0. The minimum Gasteiger partial charge on any atom is -0.459 e. The molecule has 172 valence electrons. The van der Waals surface area contributed by atoms with E-state index in [4.69, 9.17) is 10.2 Å². The summed E-state index contributed by atoms with van der Waals surface area (Å²) in [6, 6.07) is 3.64. The molecule has 10 heteroatoms. The first-order valence-electron chi connectivity index (χ1n) is 10.6. The number of H-pyrrole nitrogens is 1. The second-order valence-corrected chi connectivity index (χ2v) is 9.15. The molecule has 1 amide bonds. The van der Waals surface area contributed by atoms with Gasteiger partial charge in [0.1, 0.15) is 16.5 Å². The van der Waals surface area contributed by atoms with Gasteiger partial charge in [-0.05, 0) is 38.3 Å². The Kier molecular flexibility index (Phi) is 7.02. The molecule has 0 aromatic carbocycles. The molecule has 3 aromatic rings. The average Bonchev–Trinajstić information content (AvgIpc) is 3.32. The summed E-state index contributed by atoms with van der Waals surface area (Å²) in [6.07, 6.45) is 1.47. The first-order valence-corrected chi connectivity index (χ1v) is 11.4. The van der Waals surface area contributed by atoms with Gasteiger partial charge in [0.15, 0.2) is 16.5 Å². The maximum atomic E-state index is 13.6. The summed E-state index contributed by atoms with van der Waals surface area (Å²) in [5.74, 6) is 1.06.